The molecule has 1 saturated heterocycles. The van der Waals surface area contributed by atoms with Crippen LogP contribution in [0, 0.1) is 5.92 Å². The van der Waals surface area contributed by atoms with Gasteiger partial charge in [-0.15, -0.1) is 0 Å². The Labute approximate surface area is 148 Å². The molecule has 0 bridgehead atoms. The molecule has 2 aromatic rings. The molecule has 0 atom stereocenters. The lowest BCUT2D eigenvalue weighted by atomic mass is 9.92. The molecule has 6 nitrogen and oxygen atoms in total. The molecule has 0 spiro atoms. The zero-order valence-corrected chi connectivity index (χ0v) is 15.4. The number of piperidine rings is 1. The van der Waals surface area contributed by atoms with Crippen molar-refractivity contribution in [3.05, 3.63) is 52.2 Å². The molecular weight excluding hydrogens is 314 g/mol. The molecule has 2 aromatic heterocycles. The van der Waals surface area contributed by atoms with Gasteiger partial charge in [0, 0.05) is 30.8 Å². The maximum atomic E-state index is 12.2. The topological polar surface area (TPSA) is 63.9 Å². The fourth-order valence-electron chi connectivity index (χ4n) is 3.20. The molecule has 25 heavy (non-hydrogen) atoms. The third-order valence-corrected chi connectivity index (χ3v) is 4.79. The quantitative estimate of drug-likeness (QED) is 0.853. The minimum atomic E-state index is -0.0461. The third kappa shape index (κ3) is 4.72. The maximum Gasteiger partial charge on any atom is 0.266 e. The van der Waals surface area contributed by atoms with Crippen molar-refractivity contribution in [2.75, 3.05) is 13.1 Å². The van der Waals surface area contributed by atoms with Gasteiger partial charge >= 0.3 is 0 Å². The molecule has 0 amide bonds. The highest BCUT2D eigenvalue weighted by Gasteiger charge is 2.22. The zero-order valence-electron chi connectivity index (χ0n) is 15.4. The van der Waals surface area contributed by atoms with E-state index in [2.05, 4.69) is 41.0 Å². The van der Waals surface area contributed by atoms with Gasteiger partial charge in [-0.25, -0.2) is 4.68 Å². The molecular formula is C19H27N5O. The Kier molecular flexibility index (Phi) is 5.27. The molecule has 1 fully saturated rings. The summed E-state index contributed by atoms with van der Waals surface area (Å²) in [6.45, 7) is 9.96. The fraction of sp³-hybridized carbons (Fsp3) is 0.579. The zero-order chi connectivity index (χ0) is 17.9. The van der Waals surface area contributed by atoms with E-state index in [9.17, 15) is 4.79 Å². The lowest BCUT2D eigenvalue weighted by Gasteiger charge is -2.31. The lowest BCUT2D eigenvalue weighted by Crippen LogP contribution is -2.37. The smallest absolute Gasteiger partial charge is 0.266 e. The van der Waals surface area contributed by atoms with Gasteiger partial charge in [-0.2, -0.15) is 15.3 Å². The predicted octanol–water partition coefficient (Wildman–Crippen LogP) is 2.24. The van der Waals surface area contributed by atoms with E-state index in [1.165, 1.54) is 0 Å². The summed E-state index contributed by atoms with van der Waals surface area (Å²) in [6.07, 6.45) is 3.86. The van der Waals surface area contributed by atoms with Gasteiger partial charge in [-0.3, -0.25) is 9.69 Å². The Morgan fingerprint density at radius 2 is 1.92 bits per heavy atom. The van der Waals surface area contributed by atoms with Gasteiger partial charge in [-0.1, -0.05) is 20.8 Å². The van der Waals surface area contributed by atoms with E-state index >= 15 is 0 Å². The second-order valence-electron chi connectivity index (χ2n) is 7.92. The van der Waals surface area contributed by atoms with Crippen molar-refractivity contribution in [2.24, 2.45) is 5.92 Å². The van der Waals surface area contributed by atoms with Crippen LogP contribution in [0.3, 0.4) is 0 Å². The minimum absolute atomic E-state index is 0.00464. The van der Waals surface area contributed by atoms with Crippen LogP contribution in [-0.2, 0) is 18.5 Å². The van der Waals surface area contributed by atoms with E-state index in [0.29, 0.717) is 12.5 Å². The molecule has 0 aromatic carbocycles. The van der Waals surface area contributed by atoms with Gasteiger partial charge in [0.15, 0.2) is 0 Å². The molecule has 6 heteroatoms. The highest BCUT2D eigenvalue weighted by molar-refractivity contribution is 5.10. The van der Waals surface area contributed by atoms with Crippen LogP contribution in [0.15, 0.2) is 35.3 Å². The second kappa shape index (κ2) is 7.44. The van der Waals surface area contributed by atoms with Crippen LogP contribution in [0.2, 0.25) is 0 Å². The summed E-state index contributed by atoms with van der Waals surface area (Å²) in [7, 11) is 0. The van der Waals surface area contributed by atoms with Crippen LogP contribution < -0.4 is 5.56 Å². The van der Waals surface area contributed by atoms with Crippen LogP contribution in [0.5, 0.6) is 0 Å². The Hall–Kier alpha value is -2.08. The molecule has 1 aliphatic rings. The largest absolute Gasteiger partial charge is 0.297 e. The first-order valence-corrected chi connectivity index (χ1v) is 8.99. The molecule has 0 aliphatic carbocycles. The molecule has 3 heterocycles. The lowest BCUT2D eigenvalue weighted by molar-refractivity contribution is 0.161. The first kappa shape index (κ1) is 17.7. The van der Waals surface area contributed by atoms with E-state index in [-0.39, 0.29) is 11.0 Å². The number of likely N-dealkylation sites (tertiary alicyclic amines) is 1. The van der Waals surface area contributed by atoms with E-state index in [1.54, 1.807) is 16.9 Å². The Morgan fingerprint density at radius 1 is 1.16 bits per heavy atom. The fourth-order valence-corrected chi connectivity index (χ4v) is 3.20. The van der Waals surface area contributed by atoms with Crippen LogP contribution in [0.25, 0.3) is 0 Å². The monoisotopic (exact) mass is 341 g/mol. The van der Waals surface area contributed by atoms with E-state index in [4.69, 9.17) is 0 Å². The van der Waals surface area contributed by atoms with Crippen molar-refractivity contribution in [1.82, 2.24) is 24.9 Å². The summed E-state index contributed by atoms with van der Waals surface area (Å²) in [5, 5.41) is 12.7. The summed E-state index contributed by atoms with van der Waals surface area (Å²) < 4.78 is 1.66. The van der Waals surface area contributed by atoms with Crippen molar-refractivity contribution < 1.29 is 0 Å². The van der Waals surface area contributed by atoms with Crippen molar-refractivity contribution in [1.29, 1.82) is 0 Å². The average molecular weight is 341 g/mol. The predicted molar refractivity (Wildman–Crippen MR) is 97.2 cm³/mol. The number of aromatic nitrogens is 4. The SMILES string of the molecule is CC(C)(C)c1ccc(=O)n(CC2CCN(Cc3cccnn3)CC2)n1. The molecule has 0 saturated carbocycles. The highest BCUT2D eigenvalue weighted by Crippen LogP contribution is 2.21. The van der Waals surface area contributed by atoms with Crippen molar-refractivity contribution in [3.8, 4) is 0 Å². The Morgan fingerprint density at radius 3 is 2.56 bits per heavy atom. The number of hydrogen-bond donors (Lipinski definition) is 0. The van der Waals surface area contributed by atoms with E-state index in [1.807, 2.05) is 18.2 Å². The van der Waals surface area contributed by atoms with Gasteiger partial charge < -0.3 is 0 Å². The third-order valence-electron chi connectivity index (χ3n) is 4.79. The molecule has 3 rings (SSSR count). The van der Waals surface area contributed by atoms with Crippen LogP contribution in [0.4, 0.5) is 0 Å². The van der Waals surface area contributed by atoms with Gasteiger partial charge in [0.2, 0.25) is 0 Å². The normalized spacial score (nSPS) is 16.9. The Bertz CT molecular complexity index is 742. The van der Waals surface area contributed by atoms with Crippen LogP contribution in [-0.4, -0.2) is 38.0 Å². The molecule has 0 unspecified atom stereocenters. The van der Waals surface area contributed by atoms with E-state index < -0.39 is 0 Å². The first-order chi connectivity index (χ1) is 11.9. The standard InChI is InChI=1S/C19H27N5O/c1-19(2,3)17-6-7-18(25)24(22-17)13-15-8-11-23(12-9-15)14-16-5-4-10-20-21-16/h4-7,10,15H,8-9,11-14H2,1-3H3. The molecule has 134 valence electrons. The van der Waals surface area contributed by atoms with Gasteiger partial charge in [0.05, 0.1) is 11.4 Å². The van der Waals surface area contributed by atoms with Crippen molar-refractivity contribution in [3.63, 3.8) is 0 Å². The molecule has 0 radical (unpaired) electrons. The summed E-state index contributed by atoms with van der Waals surface area (Å²) in [5.41, 5.74) is 1.93. The summed E-state index contributed by atoms with van der Waals surface area (Å²) in [5.74, 6) is 0.499. The number of rotatable bonds is 4. The highest BCUT2D eigenvalue weighted by atomic mass is 16.1. The minimum Gasteiger partial charge on any atom is -0.297 e. The maximum absolute atomic E-state index is 12.2. The van der Waals surface area contributed by atoms with Gasteiger partial charge in [0.25, 0.3) is 5.56 Å². The van der Waals surface area contributed by atoms with Crippen LogP contribution >= 0.6 is 0 Å². The summed E-state index contributed by atoms with van der Waals surface area (Å²) in [6, 6.07) is 7.44. The molecule has 0 N–H and O–H groups in total. The average Bonchev–Trinajstić information content (AvgIpc) is 2.58. The molecule has 1 aliphatic heterocycles. The van der Waals surface area contributed by atoms with Gasteiger partial charge in [-0.05, 0) is 50.0 Å². The van der Waals surface area contributed by atoms with Crippen molar-refractivity contribution in [2.45, 2.75) is 52.1 Å². The number of nitrogens with zero attached hydrogens (tertiary/aromatic N) is 5. The summed E-state index contributed by atoms with van der Waals surface area (Å²) >= 11 is 0. The second-order valence-corrected chi connectivity index (χ2v) is 7.92. The summed E-state index contributed by atoms with van der Waals surface area (Å²) in [4.78, 5) is 14.6. The number of hydrogen-bond acceptors (Lipinski definition) is 5. The van der Waals surface area contributed by atoms with Crippen LogP contribution in [0.1, 0.15) is 45.0 Å². The Balaban J connectivity index is 1.58. The first-order valence-electron chi connectivity index (χ1n) is 8.99. The van der Waals surface area contributed by atoms with E-state index in [0.717, 1.165) is 43.9 Å². The van der Waals surface area contributed by atoms with Gasteiger partial charge in [0.1, 0.15) is 0 Å². The van der Waals surface area contributed by atoms with Crippen molar-refractivity contribution >= 4 is 0 Å².